The van der Waals surface area contributed by atoms with Gasteiger partial charge in [0.05, 0.1) is 11.8 Å². The van der Waals surface area contributed by atoms with E-state index in [2.05, 4.69) is 5.32 Å². The minimum atomic E-state index is -0.0831. The van der Waals surface area contributed by atoms with E-state index in [4.69, 9.17) is 9.84 Å². The summed E-state index contributed by atoms with van der Waals surface area (Å²) in [5.74, 6) is 0.692. The molecule has 1 aromatic carbocycles. The highest BCUT2D eigenvalue weighted by molar-refractivity contribution is 5.91. The Bertz CT molecular complexity index is 487. The van der Waals surface area contributed by atoms with E-state index < -0.39 is 0 Å². The largest absolute Gasteiger partial charge is 0.489 e. The fourth-order valence-corrected chi connectivity index (χ4v) is 2.34. The van der Waals surface area contributed by atoms with E-state index in [1.165, 1.54) is 0 Å². The molecule has 1 fully saturated rings. The summed E-state index contributed by atoms with van der Waals surface area (Å²) >= 11 is 0. The van der Waals surface area contributed by atoms with Gasteiger partial charge < -0.3 is 20.1 Å². The number of aliphatic hydroxyl groups excluding tert-OH is 1. The van der Waals surface area contributed by atoms with Gasteiger partial charge in [-0.3, -0.25) is 0 Å². The quantitative estimate of drug-likeness (QED) is 0.725. The fourth-order valence-electron chi connectivity index (χ4n) is 2.34. The van der Waals surface area contributed by atoms with Gasteiger partial charge in [0, 0.05) is 19.2 Å². The van der Waals surface area contributed by atoms with Crippen LogP contribution in [0.2, 0.25) is 0 Å². The first-order valence-corrected chi connectivity index (χ1v) is 8.06. The Hall–Kier alpha value is -1.75. The highest BCUT2D eigenvalue weighted by Crippen LogP contribution is 2.30. The van der Waals surface area contributed by atoms with E-state index in [-0.39, 0.29) is 18.7 Å². The van der Waals surface area contributed by atoms with E-state index in [0.717, 1.165) is 25.7 Å². The SMILES string of the molecule is CC(C)Oc1ccccc1NC(=O)N(CCCCO)C1CC1. The molecule has 1 saturated carbocycles. The number of carbonyl (C=O) groups is 1. The molecule has 1 aliphatic rings. The number of nitrogens with one attached hydrogen (secondary N) is 1. The molecule has 0 spiro atoms. The van der Waals surface area contributed by atoms with Crippen LogP contribution in [0, 0.1) is 0 Å². The second-order valence-corrected chi connectivity index (χ2v) is 5.95. The Kier molecular flexibility index (Phi) is 6.07. The van der Waals surface area contributed by atoms with E-state index in [1.54, 1.807) is 0 Å². The molecule has 5 heteroatoms. The summed E-state index contributed by atoms with van der Waals surface area (Å²) in [6.07, 6.45) is 3.74. The van der Waals surface area contributed by atoms with Crippen molar-refractivity contribution in [3.63, 3.8) is 0 Å². The molecule has 0 heterocycles. The number of para-hydroxylation sites is 2. The zero-order valence-corrected chi connectivity index (χ0v) is 13.4. The fraction of sp³-hybridized carbons (Fsp3) is 0.588. The van der Waals surface area contributed by atoms with Gasteiger partial charge in [-0.2, -0.15) is 0 Å². The molecule has 0 aromatic heterocycles. The van der Waals surface area contributed by atoms with Crippen LogP contribution in [-0.4, -0.2) is 41.3 Å². The van der Waals surface area contributed by atoms with Crippen LogP contribution in [0.4, 0.5) is 10.5 Å². The minimum absolute atomic E-state index is 0.0575. The van der Waals surface area contributed by atoms with E-state index in [1.807, 2.05) is 43.0 Å². The number of amides is 2. The topological polar surface area (TPSA) is 61.8 Å². The van der Waals surface area contributed by atoms with Crippen LogP contribution in [0.5, 0.6) is 5.75 Å². The van der Waals surface area contributed by atoms with Crippen LogP contribution in [0.15, 0.2) is 24.3 Å². The number of hydrogen-bond donors (Lipinski definition) is 2. The molecular formula is C17H26N2O3. The van der Waals surface area contributed by atoms with Crippen molar-refractivity contribution in [1.29, 1.82) is 0 Å². The first-order chi connectivity index (χ1) is 10.6. The molecule has 0 atom stereocenters. The van der Waals surface area contributed by atoms with Gasteiger partial charge in [-0.1, -0.05) is 12.1 Å². The molecule has 0 saturated heterocycles. The molecule has 5 nitrogen and oxygen atoms in total. The average Bonchev–Trinajstić information content (AvgIpc) is 3.29. The Labute approximate surface area is 132 Å². The molecule has 0 radical (unpaired) electrons. The summed E-state index contributed by atoms with van der Waals surface area (Å²) in [4.78, 5) is 14.4. The highest BCUT2D eigenvalue weighted by atomic mass is 16.5. The number of unbranched alkanes of at least 4 members (excludes halogenated alkanes) is 1. The van der Waals surface area contributed by atoms with Gasteiger partial charge in [0.1, 0.15) is 5.75 Å². The number of carbonyl (C=O) groups excluding carboxylic acids is 1. The molecule has 0 bridgehead atoms. The van der Waals surface area contributed by atoms with Gasteiger partial charge in [0.25, 0.3) is 0 Å². The third-order valence-corrected chi connectivity index (χ3v) is 3.55. The third kappa shape index (κ3) is 4.91. The maximum absolute atomic E-state index is 12.5. The first kappa shape index (κ1) is 16.6. The van der Waals surface area contributed by atoms with Crippen LogP contribution < -0.4 is 10.1 Å². The smallest absolute Gasteiger partial charge is 0.322 e. The lowest BCUT2D eigenvalue weighted by molar-refractivity contribution is 0.203. The van der Waals surface area contributed by atoms with Crippen LogP contribution >= 0.6 is 0 Å². The van der Waals surface area contributed by atoms with Gasteiger partial charge in [0.15, 0.2) is 0 Å². The number of anilines is 1. The van der Waals surface area contributed by atoms with Gasteiger partial charge in [-0.25, -0.2) is 4.79 Å². The Morgan fingerprint density at radius 3 is 2.73 bits per heavy atom. The lowest BCUT2D eigenvalue weighted by Gasteiger charge is -2.24. The van der Waals surface area contributed by atoms with Gasteiger partial charge in [-0.15, -0.1) is 0 Å². The first-order valence-electron chi connectivity index (χ1n) is 8.06. The summed E-state index contributed by atoms with van der Waals surface area (Å²) in [6.45, 7) is 4.78. The lowest BCUT2D eigenvalue weighted by Crippen LogP contribution is -2.37. The summed E-state index contributed by atoms with van der Waals surface area (Å²) in [5.41, 5.74) is 0.703. The van der Waals surface area contributed by atoms with Crippen molar-refractivity contribution in [1.82, 2.24) is 4.90 Å². The van der Waals surface area contributed by atoms with Gasteiger partial charge in [-0.05, 0) is 51.7 Å². The van der Waals surface area contributed by atoms with Crippen LogP contribution in [0.3, 0.4) is 0 Å². The predicted octanol–water partition coefficient (Wildman–Crippen LogP) is 3.24. The molecular weight excluding hydrogens is 280 g/mol. The average molecular weight is 306 g/mol. The molecule has 2 N–H and O–H groups in total. The molecule has 22 heavy (non-hydrogen) atoms. The molecule has 1 aromatic rings. The number of urea groups is 1. The minimum Gasteiger partial charge on any atom is -0.489 e. The maximum Gasteiger partial charge on any atom is 0.322 e. The molecule has 0 aliphatic heterocycles. The summed E-state index contributed by atoms with van der Waals surface area (Å²) in [5, 5.41) is 11.9. The van der Waals surface area contributed by atoms with Crippen LogP contribution in [0.1, 0.15) is 39.5 Å². The number of hydrogen-bond acceptors (Lipinski definition) is 3. The number of rotatable bonds is 8. The van der Waals surface area contributed by atoms with Crippen molar-refractivity contribution in [2.45, 2.75) is 51.7 Å². The van der Waals surface area contributed by atoms with Crippen molar-refractivity contribution < 1.29 is 14.6 Å². The highest BCUT2D eigenvalue weighted by Gasteiger charge is 2.32. The predicted molar refractivity (Wildman–Crippen MR) is 87.3 cm³/mol. The summed E-state index contributed by atoms with van der Waals surface area (Å²) in [6, 6.07) is 7.76. The van der Waals surface area contributed by atoms with E-state index in [0.29, 0.717) is 24.0 Å². The molecule has 122 valence electrons. The van der Waals surface area contributed by atoms with Crippen molar-refractivity contribution >= 4 is 11.7 Å². The maximum atomic E-state index is 12.5. The Morgan fingerprint density at radius 2 is 2.09 bits per heavy atom. The second kappa shape index (κ2) is 8.03. The van der Waals surface area contributed by atoms with Crippen LogP contribution in [0.25, 0.3) is 0 Å². The molecule has 2 amide bonds. The van der Waals surface area contributed by atoms with Crippen molar-refractivity contribution in [2.75, 3.05) is 18.5 Å². The zero-order chi connectivity index (χ0) is 15.9. The van der Waals surface area contributed by atoms with Gasteiger partial charge >= 0.3 is 6.03 Å². The van der Waals surface area contributed by atoms with Crippen molar-refractivity contribution in [3.05, 3.63) is 24.3 Å². The van der Waals surface area contributed by atoms with Crippen molar-refractivity contribution in [3.8, 4) is 5.75 Å². The zero-order valence-electron chi connectivity index (χ0n) is 13.4. The van der Waals surface area contributed by atoms with E-state index >= 15 is 0 Å². The standard InChI is InChI=1S/C17H26N2O3/c1-13(2)22-16-8-4-3-7-15(16)18-17(21)19(14-9-10-14)11-5-6-12-20/h3-4,7-8,13-14,20H,5-6,9-12H2,1-2H3,(H,18,21). The van der Waals surface area contributed by atoms with Crippen LogP contribution in [-0.2, 0) is 0 Å². The molecule has 0 unspecified atom stereocenters. The lowest BCUT2D eigenvalue weighted by atomic mass is 10.2. The monoisotopic (exact) mass is 306 g/mol. The van der Waals surface area contributed by atoms with E-state index in [9.17, 15) is 4.79 Å². The number of ether oxygens (including phenoxy) is 1. The van der Waals surface area contributed by atoms with Gasteiger partial charge in [0.2, 0.25) is 0 Å². The second-order valence-electron chi connectivity index (χ2n) is 5.95. The summed E-state index contributed by atoms with van der Waals surface area (Å²) in [7, 11) is 0. The third-order valence-electron chi connectivity index (χ3n) is 3.55. The molecule has 1 aliphatic carbocycles. The number of benzene rings is 1. The number of aliphatic hydroxyl groups is 1. The Balaban J connectivity index is 2.00. The molecule has 2 rings (SSSR count). The Morgan fingerprint density at radius 1 is 1.36 bits per heavy atom. The van der Waals surface area contributed by atoms with Crippen molar-refractivity contribution in [2.24, 2.45) is 0 Å². The normalized spacial score (nSPS) is 14.0. The summed E-state index contributed by atoms with van der Waals surface area (Å²) < 4.78 is 5.73. The number of nitrogens with zero attached hydrogens (tertiary/aromatic N) is 1.